The van der Waals surface area contributed by atoms with Gasteiger partial charge in [0.15, 0.2) is 5.75 Å². The lowest BCUT2D eigenvalue weighted by Crippen LogP contribution is -2.33. The van der Waals surface area contributed by atoms with E-state index >= 15 is 0 Å². The molecule has 29 heavy (non-hydrogen) atoms. The summed E-state index contributed by atoms with van der Waals surface area (Å²) in [5, 5.41) is 0. The zero-order valence-corrected chi connectivity index (χ0v) is 16.0. The number of nitrogens with zero attached hydrogens (tertiary/aromatic N) is 1. The van der Waals surface area contributed by atoms with Gasteiger partial charge in [0.05, 0.1) is 30.2 Å². The average molecular weight is 391 g/mol. The molecular formula is C23H21NO5. The van der Waals surface area contributed by atoms with Crippen LogP contribution in [0.5, 0.6) is 11.5 Å². The van der Waals surface area contributed by atoms with Crippen LogP contribution in [0.1, 0.15) is 29.6 Å². The molecule has 0 radical (unpaired) electrons. The Morgan fingerprint density at radius 1 is 0.966 bits per heavy atom. The molecule has 2 aromatic rings. The Kier molecular flexibility index (Phi) is 4.15. The van der Waals surface area contributed by atoms with E-state index in [4.69, 9.17) is 9.47 Å². The molecule has 2 aromatic carbocycles. The van der Waals surface area contributed by atoms with Crippen LogP contribution in [0.15, 0.2) is 48.5 Å². The second-order valence-electron chi connectivity index (χ2n) is 7.99. The lowest BCUT2D eigenvalue weighted by molar-refractivity contribution is -0.123. The molecular weight excluding hydrogens is 370 g/mol. The van der Waals surface area contributed by atoms with Crippen LogP contribution in [0, 0.1) is 23.7 Å². The molecule has 3 fully saturated rings. The van der Waals surface area contributed by atoms with Gasteiger partial charge in [-0.15, -0.1) is 0 Å². The number of methoxy groups -OCH3 is 1. The summed E-state index contributed by atoms with van der Waals surface area (Å²) in [6.45, 7) is 0. The van der Waals surface area contributed by atoms with Crippen LogP contribution in [0.2, 0.25) is 0 Å². The molecule has 0 unspecified atom stereocenters. The second kappa shape index (κ2) is 6.72. The summed E-state index contributed by atoms with van der Waals surface area (Å²) in [5.41, 5.74) is 0.667. The van der Waals surface area contributed by atoms with Crippen molar-refractivity contribution in [1.82, 2.24) is 0 Å². The Morgan fingerprint density at radius 2 is 1.66 bits per heavy atom. The van der Waals surface area contributed by atoms with E-state index in [-0.39, 0.29) is 29.4 Å². The lowest BCUT2D eigenvalue weighted by Gasteiger charge is -2.20. The van der Waals surface area contributed by atoms with E-state index in [0.29, 0.717) is 28.8 Å². The highest BCUT2D eigenvalue weighted by atomic mass is 16.5. The first-order chi connectivity index (χ1) is 14.1. The van der Waals surface area contributed by atoms with Gasteiger partial charge in [-0.1, -0.05) is 18.2 Å². The fourth-order valence-electron chi connectivity index (χ4n) is 5.28. The highest BCUT2D eigenvalue weighted by Gasteiger charge is 2.61. The van der Waals surface area contributed by atoms with Crippen molar-refractivity contribution in [3.05, 3.63) is 54.1 Å². The Balaban J connectivity index is 1.45. The molecule has 2 amide bonds. The quantitative estimate of drug-likeness (QED) is 0.453. The Bertz CT molecular complexity index is 988. The van der Waals surface area contributed by atoms with Gasteiger partial charge in [-0.3, -0.25) is 9.59 Å². The normalized spacial score (nSPS) is 27.3. The minimum Gasteiger partial charge on any atom is -0.497 e. The third kappa shape index (κ3) is 2.74. The fraction of sp³-hybridized carbons (Fsp3) is 0.348. The van der Waals surface area contributed by atoms with Gasteiger partial charge in [-0.05, 0) is 61.4 Å². The summed E-state index contributed by atoms with van der Waals surface area (Å²) < 4.78 is 10.7. The number of anilines is 1. The maximum Gasteiger partial charge on any atom is 0.343 e. The van der Waals surface area contributed by atoms with Gasteiger partial charge in [0, 0.05) is 0 Å². The van der Waals surface area contributed by atoms with Gasteiger partial charge in [-0.2, -0.15) is 0 Å². The van der Waals surface area contributed by atoms with Crippen molar-refractivity contribution in [3.8, 4) is 11.5 Å². The average Bonchev–Trinajstić information content (AvgIpc) is 3.42. The van der Waals surface area contributed by atoms with Crippen LogP contribution in [0.4, 0.5) is 5.69 Å². The van der Waals surface area contributed by atoms with E-state index in [1.165, 1.54) is 12.0 Å². The molecule has 1 aliphatic heterocycles. The first kappa shape index (κ1) is 17.9. The largest absolute Gasteiger partial charge is 0.497 e. The monoisotopic (exact) mass is 391 g/mol. The van der Waals surface area contributed by atoms with Crippen molar-refractivity contribution in [1.29, 1.82) is 0 Å². The number of ether oxygens (including phenoxy) is 2. The standard InChI is InChI=1S/C23H21NO5/c1-28-16-6-4-5-15(12-16)23(27)29-18-8-3-2-7-17(18)24-21(25)19-13-9-10-14(11-13)20(19)22(24)26/h2-8,12-14,19-20H,9-11H2,1H3/t13-,14+,19-,20+. The zero-order chi connectivity index (χ0) is 20.1. The first-order valence-corrected chi connectivity index (χ1v) is 9.91. The van der Waals surface area contributed by atoms with Crippen molar-refractivity contribution >= 4 is 23.5 Å². The van der Waals surface area contributed by atoms with Gasteiger partial charge in [0.25, 0.3) is 0 Å². The Morgan fingerprint density at radius 3 is 2.34 bits per heavy atom. The molecule has 148 valence electrons. The maximum atomic E-state index is 13.1. The molecule has 1 heterocycles. The SMILES string of the molecule is COc1cccc(C(=O)Oc2ccccc2N2C(=O)[C@@H]3[C@@H]4CC[C@@H](C4)[C@@H]3C2=O)c1. The Labute approximate surface area is 168 Å². The van der Waals surface area contributed by atoms with Crippen LogP contribution in [-0.4, -0.2) is 24.9 Å². The topological polar surface area (TPSA) is 72.9 Å². The molecule has 3 aliphatic rings. The maximum absolute atomic E-state index is 13.1. The van der Waals surface area contributed by atoms with Gasteiger partial charge in [0.1, 0.15) is 5.75 Å². The molecule has 6 heteroatoms. The van der Waals surface area contributed by atoms with Crippen LogP contribution >= 0.6 is 0 Å². The van der Waals surface area contributed by atoms with Gasteiger partial charge in [0.2, 0.25) is 11.8 Å². The van der Waals surface area contributed by atoms with E-state index < -0.39 is 5.97 Å². The van der Waals surface area contributed by atoms with Crippen molar-refractivity contribution in [2.45, 2.75) is 19.3 Å². The van der Waals surface area contributed by atoms with E-state index in [0.717, 1.165) is 19.3 Å². The smallest absolute Gasteiger partial charge is 0.343 e. The second-order valence-corrected chi connectivity index (χ2v) is 7.99. The predicted octanol–water partition coefficient (Wildman–Crippen LogP) is 3.45. The predicted molar refractivity (Wildman–Crippen MR) is 105 cm³/mol. The van der Waals surface area contributed by atoms with E-state index in [2.05, 4.69) is 0 Å². The molecule has 6 nitrogen and oxygen atoms in total. The number of benzene rings is 2. The zero-order valence-electron chi connectivity index (χ0n) is 16.0. The molecule has 0 aromatic heterocycles. The summed E-state index contributed by atoms with van der Waals surface area (Å²) in [6, 6.07) is 13.4. The lowest BCUT2D eigenvalue weighted by atomic mass is 9.81. The van der Waals surface area contributed by atoms with E-state index in [1.54, 1.807) is 48.5 Å². The number of para-hydroxylation sites is 2. The highest BCUT2D eigenvalue weighted by molar-refractivity contribution is 6.23. The van der Waals surface area contributed by atoms with Gasteiger partial charge < -0.3 is 9.47 Å². The number of amides is 2. The summed E-state index contributed by atoms with van der Waals surface area (Å²) in [7, 11) is 1.52. The molecule has 2 bridgehead atoms. The molecule has 0 N–H and O–H groups in total. The molecule has 0 spiro atoms. The van der Waals surface area contributed by atoms with E-state index in [9.17, 15) is 14.4 Å². The van der Waals surface area contributed by atoms with Crippen molar-refractivity contribution < 1.29 is 23.9 Å². The first-order valence-electron chi connectivity index (χ1n) is 9.91. The van der Waals surface area contributed by atoms with Crippen LogP contribution in [0.3, 0.4) is 0 Å². The summed E-state index contributed by atoms with van der Waals surface area (Å²) in [5.74, 6) is 0.0304. The molecule has 2 saturated carbocycles. The minimum atomic E-state index is -0.573. The van der Waals surface area contributed by atoms with Crippen LogP contribution in [-0.2, 0) is 9.59 Å². The molecule has 5 rings (SSSR count). The minimum absolute atomic E-state index is 0.155. The summed E-state index contributed by atoms with van der Waals surface area (Å²) in [6.07, 6.45) is 3.02. The van der Waals surface area contributed by atoms with Gasteiger partial charge >= 0.3 is 5.97 Å². The number of carbonyl (C=O) groups excluding carboxylic acids is 3. The highest BCUT2D eigenvalue weighted by Crippen LogP contribution is 2.57. The number of imide groups is 1. The molecule has 4 atom stereocenters. The number of esters is 1. The Hall–Kier alpha value is -3.15. The number of hydrogen-bond acceptors (Lipinski definition) is 5. The van der Waals surface area contributed by atoms with Crippen molar-refractivity contribution in [3.63, 3.8) is 0 Å². The third-order valence-electron chi connectivity index (χ3n) is 6.54. The molecule has 1 saturated heterocycles. The number of carbonyl (C=O) groups is 3. The number of rotatable bonds is 4. The van der Waals surface area contributed by atoms with Crippen molar-refractivity contribution in [2.24, 2.45) is 23.7 Å². The summed E-state index contributed by atoms with van der Waals surface area (Å²) >= 11 is 0. The van der Waals surface area contributed by atoms with Gasteiger partial charge in [-0.25, -0.2) is 9.69 Å². The fourth-order valence-corrected chi connectivity index (χ4v) is 5.28. The number of fused-ring (bicyclic) bond motifs is 5. The number of hydrogen-bond donors (Lipinski definition) is 0. The van der Waals surface area contributed by atoms with E-state index in [1.807, 2.05) is 0 Å². The third-order valence-corrected chi connectivity index (χ3v) is 6.54. The summed E-state index contributed by atoms with van der Waals surface area (Å²) in [4.78, 5) is 40.2. The van der Waals surface area contributed by atoms with Crippen molar-refractivity contribution in [2.75, 3.05) is 12.0 Å². The molecule has 2 aliphatic carbocycles. The van der Waals surface area contributed by atoms with Crippen LogP contribution in [0.25, 0.3) is 0 Å². The van der Waals surface area contributed by atoms with Crippen LogP contribution < -0.4 is 14.4 Å².